The van der Waals surface area contributed by atoms with Gasteiger partial charge in [-0.2, -0.15) is 0 Å². The molecule has 1 saturated heterocycles. The Morgan fingerprint density at radius 2 is 1.18 bits per heavy atom. The quantitative estimate of drug-likeness (QED) is 0.114. The smallest absolute Gasteiger partial charge is 0.303 e. The van der Waals surface area contributed by atoms with Crippen LogP contribution in [0.4, 0.5) is 0 Å². The fourth-order valence-corrected chi connectivity index (χ4v) is 4.76. The number of hydrogen-bond donors (Lipinski definition) is 0. The minimum atomic E-state index is -0.196. The number of esters is 1. The van der Waals surface area contributed by atoms with E-state index in [2.05, 4.69) is 11.8 Å². The van der Waals surface area contributed by atoms with Gasteiger partial charge < -0.3 is 9.47 Å². The van der Waals surface area contributed by atoms with E-state index in [4.69, 9.17) is 9.47 Å². The van der Waals surface area contributed by atoms with Crippen molar-refractivity contribution in [2.24, 2.45) is 0 Å². The highest BCUT2D eigenvalue weighted by Crippen LogP contribution is 2.14. The zero-order valence-corrected chi connectivity index (χ0v) is 22.9. The van der Waals surface area contributed by atoms with Crippen molar-refractivity contribution in [1.29, 1.82) is 0 Å². The zero-order chi connectivity index (χ0) is 23.1. The lowest BCUT2D eigenvalue weighted by Crippen LogP contribution is -2.40. The normalized spacial score (nSPS) is 15.2. The van der Waals surface area contributed by atoms with Crippen LogP contribution in [0.1, 0.15) is 136 Å². The Morgan fingerprint density at radius 1 is 0.727 bits per heavy atom. The second-order valence-electron chi connectivity index (χ2n) is 9.97. The molecule has 1 fully saturated rings. The predicted octanol–water partition coefficient (Wildman–Crippen LogP) is 8.10. The van der Waals surface area contributed by atoms with Crippen molar-refractivity contribution >= 4 is 18.4 Å². The van der Waals surface area contributed by atoms with Crippen LogP contribution in [0.2, 0.25) is 0 Å². The SMILES string of the molecule is CCCCCCCCCCCCCCCCCCOCC(CN1CCCCC1)OC(C)=O.Cl. The lowest BCUT2D eigenvalue weighted by Gasteiger charge is -2.30. The predicted molar refractivity (Wildman–Crippen MR) is 143 cm³/mol. The van der Waals surface area contributed by atoms with Crippen molar-refractivity contribution in [3.63, 3.8) is 0 Å². The number of hydrogen-bond acceptors (Lipinski definition) is 4. The van der Waals surface area contributed by atoms with E-state index in [-0.39, 0.29) is 24.5 Å². The highest BCUT2D eigenvalue weighted by Gasteiger charge is 2.19. The molecule has 0 N–H and O–H groups in total. The van der Waals surface area contributed by atoms with Crippen LogP contribution in [0.25, 0.3) is 0 Å². The summed E-state index contributed by atoms with van der Waals surface area (Å²) in [6.45, 7) is 8.17. The average Bonchev–Trinajstić information content (AvgIpc) is 2.78. The molecule has 33 heavy (non-hydrogen) atoms. The number of unbranched alkanes of at least 4 members (excludes halogenated alkanes) is 15. The van der Waals surface area contributed by atoms with Gasteiger partial charge in [-0.15, -0.1) is 12.4 Å². The van der Waals surface area contributed by atoms with E-state index in [9.17, 15) is 4.79 Å². The van der Waals surface area contributed by atoms with Gasteiger partial charge in [0.25, 0.3) is 0 Å². The van der Waals surface area contributed by atoms with E-state index in [0.29, 0.717) is 6.61 Å². The molecule has 0 aromatic rings. The van der Waals surface area contributed by atoms with Crippen molar-refractivity contribution in [1.82, 2.24) is 4.90 Å². The number of piperidine rings is 1. The van der Waals surface area contributed by atoms with Gasteiger partial charge in [-0.25, -0.2) is 0 Å². The molecule has 0 aromatic heterocycles. The maximum Gasteiger partial charge on any atom is 0.303 e. The van der Waals surface area contributed by atoms with E-state index in [1.54, 1.807) is 0 Å². The van der Waals surface area contributed by atoms with Crippen LogP contribution in [0.15, 0.2) is 0 Å². The van der Waals surface area contributed by atoms with E-state index < -0.39 is 0 Å². The summed E-state index contributed by atoms with van der Waals surface area (Å²) in [4.78, 5) is 13.8. The highest BCUT2D eigenvalue weighted by molar-refractivity contribution is 5.85. The van der Waals surface area contributed by atoms with Crippen molar-refractivity contribution in [3.8, 4) is 0 Å². The summed E-state index contributed by atoms with van der Waals surface area (Å²) in [5.41, 5.74) is 0. The Labute approximate surface area is 212 Å². The first-order valence-corrected chi connectivity index (χ1v) is 14.2. The Bertz CT molecular complexity index is 416. The number of carbonyl (C=O) groups is 1. The molecule has 4 nitrogen and oxygen atoms in total. The van der Waals surface area contributed by atoms with E-state index in [0.717, 1.165) is 32.7 Å². The fourth-order valence-electron chi connectivity index (χ4n) is 4.76. The Hall–Kier alpha value is -0.320. The molecule has 198 valence electrons. The molecule has 1 atom stereocenters. The van der Waals surface area contributed by atoms with Gasteiger partial charge in [0.2, 0.25) is 0 Å². The van der Waals surface area contributed by atoms with Gasteiger partial charge in [-0.05, 0) is 32.4 Å². The number of carbonyl (C=O) groups excluding carboxylic acids is 1. The molecule has 0 aliphatic carbocycles. The molecule has 1 unspecified atom stereocenters. The van der Waals surface area contributed by atoms with Gasteiger partial charge in [-0.1, -0.05) is 110 Å². The summed E-state index contributed by atoms with van der Waals surface area (Å²) in [5.74, 6) is -0.196. The van der Waals surface area contributed by atoms with E-state index >= 15 is 0 Å². The standard InChI is InChI=1S/C28H55NO3.ClH/c1-3-4-5-6-7-8-9-10-11-12-13-14-15-16-17-21-24-31-26-28(32-27(2)30)25-29-22-19-18-20-23-29;/h28H,3-26H2,1-2H3;1H. The van der Waals surface area contributed by atoms with Crippen LogP contribution in [0, 0.1) is 0 Å². The zero-order valence-electron chi connectivity index (χ0n) is 22.1. The number of ether oxygens (including phenoxy) is 2. The van der Waals surface area contributed by atoms with Crippen molar-refractivity contribution in [2.45, 2.75) is 142 Å². The summed E-state index contributed by atoms with van der Waals surface area (Å²) < 4.78 is 11.3. The molecule has 0 bridgehead atoms. The third kappa shape index (κ3) is 21.9. The van der Waals surface area contributed by atoms with Crippen molar-refractivity contribution in [3.05, 3.63) is 0 Å². The number of nitrogens with zero attached hydrogens (tertiary/aromatic N) is 1. The van der Waals surface area contributed by atoms with Crippen LogP contribution in [0.5, 0.6) is 0 Å². The third-order valence-electron chi connectivity index (χ3n) is 6.69. The number of rotatable bonds is 22. The molecule has 0 radical (unpaired) electrons. The first-order valence-electron chi connectivity index (χ1n) is 14.2. The molecular formula is C28H56ClNO3. The molecule has 0 saturated carbocycles. The first-order chi connectivity index (χ1) is 15.7. The maximum absolute atomic E-state index is 11.4. The van der Waals surface area contributed by atoms with Gasteiger partial charge in [0, 0.05) is 20.1 Å². The second-order valence-corrected chi connectivity index (χ2v) is 9.97. The lowest BCUT2D eigenvalue weighted by atomic mass is 10.0. The van der Waals surface area contributed by atoms with E-state index in [1.165, 1.54) is 122 Å². The van der Waals surface area contributed by atoms with Crippen molar-refractivity contribution in [2.75, 3.05) is 32.8 Å². The molecule has 1 rings (SSSR count). The molecular weight excluding hydrogens is 434 g/mol. The number of halogens is 1. The summed E-state index contributed by atoms with van der Waals surface area (Å²) in [5, 5.41) is 0. The van der Waals surface area contributed by atoms with Gasteiger partial charge >= 0.3 is 5.97 Å². The molecule has 0 amide bonds. The van der Waals surface area contributed by atoms with Crippen LogP contribution < -0.4 is 0 Å². The largest absolute Gasteiger partial charge is 0.459 e. The first kappa shape index (κ1) is 32.7. The molecule has 1 aliphatic rings. The van der Waals surface area contributed by atoms with E-state index in [1.807, 2.05) is 0 Å². The van der Waals surface area contributed by atoms with Gasteiger partial charge in [-0.3, -0.25) is 9.69 Å². The molecule has 5 heteroatoms. The Morgan fingerprint density at radius 3 is 1.64 bits per heavy atom. The van der Waals surface area contributed by atoms with Crippen LogP contribution in [0.3, 0.4) is 0 Å². The second kappa shape index (κ2) is 24.8. The topological polar surface area (TPSA) is 38.8 Å². The van der Waals surface area contributed by atoms with Crippen LogP contribution in [-0.2, 0) is 14.3 Å². The maximum atomic E-state index is 11.4. The highest BCUT2D eigenvalue weighted by atomic mass is 35.5. The van der Waals surface area contributed by atoms with Gasteiger partial charge in [0.15, 0.2) is 0 Å². The minimum absolute atomic E-state index is 0. The summed E-state index contributed by atoms with van der Waals surface area (Å²) in [6, 6.07) is 0. The van der Waals surface area contributed by atoms with Gasteiger partial charge in [0.1, 0.15) is 6.10 Å². The summed E-state index contributed by atoms with van der Waals surface area (Å²) in [7, 11) is 0. The van der Waals surface area contributed by atoms with Crippen LogP contribution in [-0.4, -0.2) is 49.8 Å². The molecule has 0 aromatic carbocycles. The average molecular weight is 490 g/mol. The lowest BCUT2D eigenvalue weighted by molar-refractivity contribution is -0.150. The molecule has 1 heterocycles. The van der Waals surface area contributed by atoms with Crippen LogP contribution >= 0.6 is 12.4 Å². The van der Waals surface area contributed by atoms with Crippen molar-refractivity contribution < 1.29 is 14.3 Å². The minimum Gasteiger partial charge on any atom is -0.459 e. The molecule has 0 spiro atoms. The fraction of sp³-hybridized carbons (Fsp3) is 0.964. The monoisotopic (exact) mass is 489 g/mol. The number of likely N-dealkylation sites (tertiary alicyclic amines) is 1. The van der Waals surface area contributed by atoms with Gasteiger partial charge in [0.05, 0.1) is 6.61 Å². The third-order valence-corrected chi connectivity index (χ3v) is 6.69. The Balaban J connectivity index is 0.0000102. The summed E-state index contributed by atoms with van der Waals surface area (Å²) in [6.07, 6.45) is 25.9. The Kier molecular flexibility index (Phi) is 24.6. The molecule has 1 aliphatic heterocycles. The summed E-state index contributed by atoms with van der Waals surface area (Å²) >= 11 is 0.